The fourth-order valence-corrected chi connectivity index (χ4v) is 5.04. The van der Waals surface area contributed by atoms with E-state index >= 15 is 0 Å². The molecule has 1 saturated heterocycles. The maximum Gasteiger partial charge on any atom is 0.169 e. The Morgan fingerprint density at radius 2 is 1.85 bits per heavy atom. The summed E-state index contributed by atoms with van der Waals surface area (Å²) in [7, 11) is 1.68. The highest BCUT2D eigenvalue weighted by atomic mass is 16.5. The number of nitrogens with zero attached hydrogens (tertiary/aromatic N) is 1. The van der Waals surface area contributed by atoms with Gasteiger partial charge in [0.05, 0.1) is 18.0 Å². The summed E-state index contributed by atoms with van der Waals surface area (Å²) in [5.74, 6) is 1.69. The van der Waals surface area contributed by atoms with Crippen LogP contribution in [0.1, 0.15) is 50.9 Å². The van der Waals surface area contributed by atoms with Gasteiger partial charge >= 0.3 is 0 Å². The first-order valence-electron chi connectivity index (χ1n) is 10.1. The predicted molar refractivity (Wildman–Crippen MR) is 107 cm³/mol. The molecular weight excluding hydrogens is 338 g/mol. The number of ketones is 1. The van der Waals surface area contributed by atoms with Crippen molar-refractivity contribution in [3.63, 3.8) is 0 Å². The lowest BCUT2D eigenvalue weighted by molar-refractivity contribution is 0.0616. The Labute approximate surface area is 161 Å². The largest absolute Gasteiger partial charge is 0.496 e. The van der Waals surface area contributed by atoms with Crippen LogP contribution in [0.3, 0.4) is 0 Å². The fraction of sp³-hybridized carbons (Fsp3) is 0.609. The normalized spacial score (nSPS) is 22.1. The van der Waals surface area contributed by atoms with Crippen molar-refractivity contribution >= 4 is 16.7 Å². The van der Waals surface area contributed by atoms with Crippen LogP contribution in [-0.2, 0) is 11.3 Å². The highest BCUT2D eigenvalue weighted by Crippen LogP contribution is 2.69. The second-order valence-corrected chi connectivity index (χ2v) is 9.35. The van der Waals surface area contributed by atoms with E-state index in [1.54, 1.807) is 7.11 Å². The molecule has 1 aliphatic carbocycles. The van der Waals surface area contributed by atoms with Gasteiger partial charge in [-0.05, 0) is 41.7 Å². The van der Waals surface area contributed by atoms with Gasteiger partial charge in [0.15, 0.2) is 5.78 Å². The van der Waals surface area contributed by atoms with E-state index in [2.05, 4.69) is 44.5 Å². The number of hydrogen-bond acceptors (Lipinski definition) is 3. The number of carbonyl (C=O) groups is 1. The van der Waals surface area contributed by atoms with Crippen molar-refractivity contribution in [3.8, 4) is 5.75 Å². The van der Waals surface area contributed by atoms with Crippen molar-refractivity contribution in [2.24, 2.45) is 22.7 Å². The predicted octanol–water partition coefficient (Wildman–Crippen LogP) is 4.94. The third kappa shape index (κ3) is 2.80. The molecule has 2 aliphatic rings. The third-order valence-corrected chi connectivity index (χ3v) is 7.43. The van der Waals surface area contributed by atoms with Gasteiger partial charge in [-0.15, -0.1) is 0 Å². The lowest BCUT2D eigenvalue weighted by Crippen LogP contribution is -2.20. The zero-order valence-corrected chi connectivity index (χ0v) is 17.2. The Morgan fingerprint density at radius 1 is 1.19 bits per heavy atom. The molecule has 0 radical (unpaired) electrons. The molecule has 1 aliphatic heterocycles. The highest BCUT2D eigenvalue weighted by molar-refractivity contribution is 6.12. The summed E-state index contributed by atoms with van der Waals surface area (Å²) in [6, 6.07) is 6.08. The van der Waals surface area contributed by atoms with Crippen molar-refractivity contribution in [1.82, 2.24) is 4.57 Å². The van der Waals surface area contributed by atoms with Crippen LogP contribution in [-0.4, -0.2) is 30.7 Å². The van der Waals surface area contributed by atoms with Crippen molar-refractivity contribution in [2.45, 2.75) is 47.1 Å². The quantitative estimate of drug-likeness (QED) is 0.701. The molecular formula is C23H31NO3. The highest BCUT2D eigenvalue weighted by Gasteiger charge is 2.68. The van der Waals surface area contributed by atoms with Crippen LogP contribution >= 0.6 is 0 Å². The minimum absolute atomic E-state index is 0.0290. The van der Waals surface area contributed by atoms with Crippen LogP contribution in [0.4, 0.5) is 0 Å². The van der Waals surface area contributed by atoms with Gasteiger partial charge in [-0.2, -0.15) is 0 Å². The Morgan fingerprint density at radius 3 is 2.44 bits per heavy atom. The maximum atomic E-state index is 13.5. The van der Waals surface area contributed by atoms with Gasteiger partial charge in [0.1, 0.15) is 5.75 Å². The minimum atomic E-state index is 0.0290. The molecule has 4 rings (SSSR count). The zero-order valence-electron chi connectivity index (χ0n) is 17.2. The van der Waals surface area contributed by atoms with E-state index in [1.807, 2.05) is 12.1 Å². The summed E-state index contributed by atoms with van der Waals surface area (Å²) < 4.78 is 13.4. The average Bonchev–Trinajstić information content (AvgIpc) is 2.92. The van der Waals surface area contributed by atoms with Crippen LogP contribution < -0.4 is 4.74 Å². The fourth-order valence-electron chi connectivity index (χ4n) is 5.04. The first-order chi connectivity index (χ1) is 12.8. The lowest BCUT2D eigenvalue weighted by atomic mass is 10.0. The molecule has 146 valence electrons. The molecule has 2 heterocycles. The van der Waals surface area contributed by atoms with Gasteiger partial charge in [0.25, 0.3) is 0 Å². The summed E-state index contributed by atoms with van der Waals surface area (Å²) in [5, 5.41) is 0.968. The van der Waals surface area contributed by atoms with E-state index in [1.165, 1.54) is 0 Å². The van der Waals surface area contributed by atoms with Crippen molar-refractivity contribution in [3.05, 3.63) is 30.0 Å². The second-order valence-electron chi connectivity index (χ2n) is 9.35. The van der Waals surface area contributed by atoms with Crippen molar-refractivity contribution < 1.29 is 14.3 Å². The summed E-state index contributed by atoms with van der Waals surface area (Å²) >= 11 is 0. The van der Waals surface area contributed by atoms with Gasteiger partial charge < -0.3 is 14.0 Å². The molecule has 1 aromatic carbocycles. The van der Waals surface area contributed by atoms with Crippen molar-refractivity contribution in [2.75, 3.05) is 20.3 Å². The summed E-state index contributed by atoms with van der Waals surface area (Å²) in [5.41, 5.74) is 1.97. The molecule has 0 bridgehead atoms. The number of hydrogen-bond donors (Lipinski definition) is 0. The second kappa shape index (κ2) is 6.37. The maximum absolute atomic E-state index is 13.5. The molecule has 0 amide bonds. The molecule has 27 heavy (non-hydrogen) atoms. The van der Waals surface area contributed by atoms with Gasteiger partial charge in [-0.3, -0.25) is 4.79 Å². The minimum Gasteiger partial charge on any atom is -0.496 e. The zero-order chi connectivity index (χ0) is 19.4. The SMILES string of the molecule is COc1cccc2c1c(C(=O)C1C(C)(C)C1(C)C)cn2CC1CCOCC1. The molecule has 2 aromatic rings. The van der Waals surface area contributed by atoms with E-state index < -0.39 is 0 Å². The van der Waals surface area contributed by atoms with Gasteiger partial charge in [-0.25, -0.2) is 0 Å². The molecule has 0 atom stereocenters. The number of benzene rings is 1. The Kier molecular flexibility index (Phi) is 4.38. The van der Waals surface area contributed by atoms with E-state index in [4.69, 9.17) is 9.47 Å². The standard InChI is InChI=1S/C23H31NO3/c1-22(2)21(23(22,3)4)20(25)16-14-24(13-15-9-11-27-12-10-15)17-7-6-8-18(26-5)19(16)17/h6-8,14-15,21H,9-13H2,1-5H3. The van der Waals surface area contributed by atoms with Gasteiger partial charge in [0, 0.05) is 37.4 Å². The van der Waals surface area contributed by atoms with E-state index in [0.717, 1.165) is 54.8 Å². The Balaban J connectivity index is 1.77. The van der Waals surface area contributed by atoms with Crippen LogP contribution in [0.5, 0.6) is 5.75 Å². The summed E-state index contributed by atoms with van der Waals surface area (Å²) in [6.45, 7) is 11.4. The number of aromatic nitrogens is 1. The third-order valence-electron chi connectivity index (χ3n) is 7.43. The number of carbonyl (C=O) groups excluding carboxylic acids is 1. The van der Waals surface area contributed by atoms with Gasteiger partial charge in [0.2, 0.25) is 0 Å². The first-order valence-corrected chi connectivity index (χ1v) is 10.1. The average molecular weight is 370 g/mol. The lowest BCUT2D eigenvalue weighted by Gasteiger charge is -2.22. The van der Waals surface area contributed by atoms with E-state index in [-0.39, 0.29) is 22.5 Å². The number of methoxy groups -OCH3 is 1. The topological polar surface area (TPSA) is 40.5 Å². The van der Waals surface area contributed by atoms with E-state index in [0.29, 0.717) is 5.92 Å². The number of rotatable bonds is 5. The molecule has 4 heteroatoms. The van der Waals surface area contributed by atoms with Crippen LogP contribution in [0.15, 0.2) is 24.4 Å². The smallest absolute Gasteiger partial charge is 0.169 e. The molecule has 0 unspecified atom stereocenters. The Hall–Kier alpha value is -1.81. The number of fused-ring (bicyclic) bond motifs is 1. The molecule has 1 saturated carbocycles. The molecule has 1 aromatic heterocycles. The van der Waals surface area contributed by atoms with Crippen LogP contribution in [0.25, 0.3) is 10.9 Å². The van der Waals surface area contributed by atoms with Crippen LogP contribution in [0.2, 0.25) is 0 Å². The van der Waals surface area contributed by atoms with E-state index in [9.17, 15) is 4.79 Å². The van der Waals surface area contributed by atoms with Gasteiger partial charge in [-0.1, -0.05) is 33.8 Å². The number of ether oxygens (including phenoxy) is 2. The molecule has 0 spiro atoms. The monoisotopic (exact) mass is 369 g/mol. The first kappa shape index (κ1) is 18.5. The molecule has 0 N–H and O–H groups in total. The summed E-state index contributed by atoms with van der Waals surface area (Å²) in [6.07, 6.45) is 4.24. The van der Waals surface area contributed by atoms with Crippen LogP contribution in [0, 0.1) is 22.7 Å². The number of Topliss-reactive ketones (excluding diaryl/α,β-unsaturated/α-hetero) is 1. The molecule has 2 fully saturated rings. The summed E-state index contributed by atoms with van der Waals surface area (Å²) in [4.78, 5) is 13.5. The molecule has 4 nitrogen and oxygen atoms in total. The Bertz CT molecular complexity index is 857. The van der Waals surface area contributed by atoms with Crippen molar-refractivity contribution in [1.29, 1.82) is 0 Å².